The van der Waals surface area contributed by atoms with Crippen molar-refractivity contribution in [3.8, 4) is 5.75 Å². The fourth-order valence-electron chi connectivity index (χ4n) is 2.52. The number of amides is 1. The summed E-state index contributed by atoms with van der Waals surface area (Å²) in [6, 6.07) is 8.69. The molecule has 0 fully saturated rings. The van der Waals surface area contributed by atoms with Gasteiger partial charge in [0.25, 0.3) is 11.6 Å². The summed E-state index contributed by atoms with van der Waals surface area (Å²) in [5, 5.41) is 17.3. The number of halogens is 1. The van der Waals surface area contributed by atoms with Crippen LogP contribution < -0.4 is 15.4 Å². The van der Waals surface area contributed by atoms with E-state index in [-0.39, 0.29) is 35.3 Å². The van der Waals surface area contributed by atoms with Crippen LogP contribution in [0.1, 0.15) is 12.5 Å². The van der Waals surface area contributed by atoms with Crippen LogP contribution in [0.3, 0.4) is 0 Å². The molecule has 0 aliphatic rings. The monoisotopic (exact) mass is 455 g/mol. The number of nitro benzene ring substituents is 1. The summed E-state index contributed by atoms with van der Waals surface area (Å²) >= 11 is 5.96. The van der Waals surface area contributed by atoms with Crippen molar-refractivity contribution < 1.29 is 22.9 Å². The van der Waals surface area contributed by atoms with Gasteiger partial charge in [-0.25, -0.2) is 8.42 Å². The number of benzene rings is 2. The highest BCUT2D eigenvalue weighted by Crippen LogP contribution is 2.27. The first kappa shape index (κ1) is 23.4. The van der Waals surface area contributed by atoms with Crippen LogP contribution >= 0.6 is 11.6 Å². The molecule has 0 heterocycles. The van der Waals surface area contributed by atoms with Gasteiger partial charge in [0.2, 0.25) is 0 Å². The van der Waals surface area contributed by atoms with Crippen LogP contribution in [0.2, 0.25) is 5.02 Å². The number of carbonyl (C=O) groups excluding carboxylic acids is 1. The molecule has 2 aromatic carbocycles. The molecule has 11 heteroatoms. The molecular formula is C19H22ClN3O6S. The molecule has 2 rings (SSSR count). The number of nitrogens with one attached hydrogen (secondary N) is 2. The second kappa shape index (κ2) is 9.77. The molecule has 0 spiro atoms. The van der Waals surface area contributed by atoms with Crippen LogP contribution in [-0.4, -0.2) is 44.7 Å². The molecule has 0 saturated carbocycles. The normalized spacial score (nSPS) is 12.1. The van der Waals surface area contributed by atoms with Crippen molar-refractivity contribution in [2.75, 3.05) is 24.7 Å². The van der Waals surface area contributed by atoms with Gasteiger partial charge in [-0.15, -0.1) is 0 Å². The van der Waals surface area contributed by atoms with Gasteiger partial charge < -0.3 is 15.4 Å². The highest BCUT2D eigenvalue weighted by Gasteiger charge is 2.19. The Morgan fingerprint density at radius 3 is 2.53 bits per heavy atom. The first-order valence-electron chi connectivity index (χ1n) is 8.92. The maximum Gasteiger partial charge on any atom is 0.293 e. The number of nitrogens with zero attached hydrogens (tertiary/aromatic N) is 1. The van der Waals surface area contributed by atoms with Gasteiger partial charge >= 0.3 is 0 Å². The Balaban J connectivity index is 1.90. The third-order valence-electron chi connectivity index (χ3n) is 4.15. The van der Waals surface area contributed by atoms with Gasteiger partial charge in [0.05, 0.1) is 9.82 Å². The lowest BCUT2D eigenvalue weighted by molar-refractivity contribution is -0.384. The molecule has 0 aromatic heterocycles. The zero-order valence-electron chi connectivity index (χ0n) is 16.6. The largest absolute Gasteiger partial charge is 0.481 e. The molecule has 0 bridgehead atoms. The number of rotatable bonds is 9. The van der Waals surface area contributed by atoms with Crippen molar-refractivity contribution in [3.05, 3.63) is 57.1 Å². The number of ether oxygens (including phenoxy) is 1. The second-order valence-corrected chi connectivity index (χ2v) is 9.02. The van der Waals surface area contributed by atoms with E-state index in [1.54, 1.807) is 25.1 Å². The summed E-state index contributed by atoms with van der Waals surface area (Å²) in [6.45, 7) is 3.80. The van der Waals surface area contributed by atoms with Crippen molar-refractivity contribution >= 4 is 38.7 Å². The average Bonchev–Trinajstić information content (AvgIpc) is 2.67. The predicted octanol–water partition coefficient (Wildman–Crippen LogP) is 2.96. The van der Waals surface area contributed by atoms with E-state index in [1.807, 2.05) is 6.92 Å². The number of sulfone groups is 1. The molecule has 9 nitrogen and oxygen atoms in total. The van der Waals surface area contributed by atoms with Gasteiger partial charge in [-0.3, -0.25) is 14.9 Å². The zero-order chi connectivity index (χ0) is 22.5. The van der Waals surface area contributed by atoms with Crippen molar-refractivity contribution in [3.63, 3.8) is 0 Å². The Bertz CT molecular complexity index is 1060. The molecule has 0 aliphatic heterocycles. The number of hydrogen-bond donors (Lipinski definition) is 2. The number of aryl methyl sites for hydroxylation is 1. The number of nitro groups is 1. The van der Waals surface area contributed by atoms with E-state index in [9.17, 15) is 23.3 Å². The number of hydrogen-bond acceptors (Lipinski definition) is 7. The zero-order valence-corrected chi connectivity index (χ0v) is 18.2. The molecule has 1 atom stereocenters. The Morgan fingerprint density at radius 2 is 1.93 bits per heavy atom. The highest BCUT2D eigenvalue weighted by molar-refractivity contribution is 7.90. The maximum atomic E-state index is 12.2. The number of anilines is 1. The van der Waals surface area contributed by atoms with Gasteiger partial charge in [-0.2, -0.15) is 0 Å². The summed E-state index contributed by atoms with van der Waals surface area (Å²) in [5.74, 6) is 0.158. The summed E-state index contributed by atoms with van der Waals surface area (Å²) < 4.78 is 28.7. The van der Waals surface area contributed by atoms with Crippen molar-refractivity contribution in [1.82, 2.24) is 5.32 Å². The van der Waals surface area contributed by atoms with Gasteiger partial charge in [-0.05, 0) is 49.7 Å². The second-order valence-electron chi connectivity index (χ2n) is 6.60. The number of carbonyl (C=O) groups is 1. The third-order valence-corrected chi connectivity index (χ3v) is 5.68. The molecule has 30 heavy (non-hydrogen) atoms. The lowest BCUT2D eigenvalue weighted by Gasteiger charge is -2.16. The Kier molecular flexibility index (Phi) is 7.63. The van der Waals surface area contributed by atoms with Gasteiger partial charge in [-0.1, -0.05) is 11.6 Å². The molecule has 0 aliphatic carbocycles. The van der Waals surface area contributed by atoms with Crippen molar-refractivity contribution in [2.45, 2.75) is 24.8 Å². The molecule has 162 valence electrons. The minimum Gasteiger partial charge on any atom is -0.481 e. The van der Waals surface area contributed by atoms with E-state index in [1.165, 1.54) is 12.1 Å². The van der Waals surface area contributed by atoms with Crippen LogP contribution in [0.5, 0.6) is 5.75 Å². The van der Waals surface area contributed by atoms with Crippen LogP contribution in [0.4, 0.5) is 11.4 Å². The lowest BCUT2D eigenvalue weighted by Crippen LogP contribution is -2.38. The third kappa shape index (κ3) is 6.33. The molecule has 1 unspecified atom stereocenters. The Hall–Kier alpha value is -2.85. The van der Waals surface area contributed by atoms with E-state index in [2.05, 4.69) is 10.6 Å². The smallest absolute Gasteiger partial charge is 0.293 e. The van der Waals surface area contributed by atoms with E-state index in [4.69, 9.17) is 16.3 Å². The first-order chi connectivity index (χ1) is 14.0. The molecule has 2 N–H and O–H groups in total. The molecule has 1 amide bonds. The molecule has 0 saturated heterocycles. The maximum absolute atomic E-state index is 12.2. The fraction of sp³-hybridized carbons (Fsp3) is 0.316. The SMILES string of the molecule is Cc1cc(OC(C)C(=O)NCCNc2ccc(S(C)(=O)=O)cc2[N+](=O)[O-])ccc1Cl. The van der Waals surface area contributed by atoms with Crippen LogP contribution in [0.15, 0.2) is 41.3 Å². The van der Waals surface area contributed by atoms with Crippen LogP contribution in [0, 0.1) is 17.0 Å². The topological polar surface area (TPSA) is 128 Å². The standard InChI is InChI=1S/C19H22ClN3O6S/c1-12-10-14(4-6-16(12)20)29-13(2)19(24)22-9-8-21-17-7-5-15(30(3,27)28)11-18(17)23(25)26/h4-7,10-11,13,21H,8-9H2,1-3H3,(H,22,24). The van der Waals surface area contributed by atoms with E-state index in [0.717, 1.165) is 17.9 Å². The van der Waals surface area contributed by atoms with E-state index in [0.29, 0.717) is 10.8 Å². The summed E-state index contributed by atoms with van der Waals surface area (Å²) in [7, 11) is -3.56. The van der Waals surface area contributed by atoms with Crippen LogP contribution in [0.25, 0.3) is 0 Å². The fourth-order valence-corrected chi connectivity index (χ4v) is 3.28. The van der Waals surface area contributed by atoms with E-state index >= 15 is 0 Å². The Morgan fingerprint density at radius 1 is 1.23 bits per heavy atom. The molecule has 2 aromatic rings. The first-order valence-corrected chi connectivity index (χ1v) is 11.2. The molecular weight excluding hydrogens is 434 g/mol. The molecule has 0 radical (unpaired) electrons. The van der Waals surface area contributed by atoms with Crippen LogP contribution in [-0.2, 0) is 14.6 Å². The quantitative estimate of drug-likeness (QED) is 0.338. The minimum absolute atomic E-state index is 0.142. The van der Waals surface area contributed by atoms with Crippen molar-refractivity contribution in [2.24, 2.45) is 0 Å². The minimum atomic E-state index is -3.56. The van der Waals surface area contributed by atoms with E-state index < -0.39 is 20.9 Å². The van der Waals surface area contributed by atoms with Crippen molar-refractivity contribution in [1.29, 1.82) is 0 Å². The van der Waals surface area contributed by atoms with Gasteiger partial charge in [0, 0.05) is 30.4 Å². The van der Waals surface area contributed by atoms with Gasteiger partial charge in [0.15, 0.2) is 15.9 Å². The van der Waals surface area contributed by atoms with Gasteiger partial charge in [0.1, 0.15) is 11.4 Å². The summed E-state index contributed by atoms with van der Waals surface area (Å²) in [4.78, 5) is 22.6. The average molecular weight is 456 g/mol. The summed E-state index contributed by atoms with van der Waals surface area (Å²) in [6.07, 6.45) is 0.220. The Labute approximate surface area is 179 Å². The lowest BCUT2D eigenvalue weighted by atomic mass is 10.2. The predicted molar refractivity (Wildman–Crippen MR) is 114 cm³/mol. The summed E-state index contributed by atoms with van der Waals surface area (Å²) in [5.41, 5.74) is 0.621. The highest BCUT2D eigenvalue weighted by atomic mass is 35.5.